The van der Waals surface area contributed by atoms with Gasteiger partial charge in [-0.1, -0.05) is 25.1 Å². The maximum Gasteiger partial charge on any atom is 0.459 e. The summed E-state index contributed by atoms with van der Waals surface area (Å²) in [5.41, 5.74) is -2.44. The van der Waals surface area contributed by atoms with E-state index in [1.807, 2.05) is 6.92 Å². The number of aliphatic hydroxyl groups is 1. The molecule has 0 radical (unpaired) electrons. The van der Waals surface area contributed by atoms with Crippen LogP contribution in [0.3, 0.4) is 0 Å². The van der Waals surface area contributed by atoms with Gasteiger partial charge in [-0.15, -0.1) is 0 Å². The standard InChI is InChI=1S/C23H30FN2O9P/c1-4-12-32-21(30)15(2)25-36(31,35-17-8-6-5-7-9-17)33-14-18-20(29)23(3,24)22(34-18)26-11-10-16(27)13-19(26)28/h5-11,15,18,20,22,29H,4,12-14H2,1-3H3,(H,25,31)/t15?,18-,20-,22-,23-,36?/m1/s1. The molecule has 0 aliphatic carbocycles. The number of para-hydroxylation sites is 1. The van der Waals surface area contributed by atoms with E-state index in [1.165, 1.54) is 19.1 Å². The highest BCUT2D eigenvalue weighted by molar-refractivity contribution is 7.52. The SMILES string of the molecule is CCCOC(=O)C(C)NP(=O)(OC[C@H]1O[C@@H](N2C=CC(=O)CC2=O)[C@](C)(F)[C@@H]1O)Oc1ccccc1. The van der Waals surface area contributed by atoms with Crippen molar-refractivity contribution in [3.05, 3.63) is 42.6 Å². The van der Waals surface area contributed by atoms with Crippen LogP contribution in [-0.4, -0.2) is 71.0 Å². The highest BCUT2D eigenvalue weighted by Gasteiger charge is 2.57. The third kappa shape index (κ3) is 6.57. The molecule has 2 N–H and O–H groups in total. The minimum Gasteiger partial charge on any atom is -0.465 e. The van der Waals surface area contributed by atoms with Gasteiger partial charge in [-0.3, -0.25) is 23.8 Å². The molecule has 2 aliphatic heterocycles. The van der Waals surface area contributed by atoms with Gasteiger partial charge in [0, 0.05) is 6.20 Å². The van der Waals surface area contributed by atoms with E-state index in [0.29, 0.717) is 6.42 Å². The Morgan fingerprint density at radius 1 is 1.36 bits per heavy atom. The zero-order valence-electron chi connectivity index (χ0n) is 20.2. The molecule has 0 aromatic heterocycles. The minimum atomic E-state index is -4.28. The number of carbonyl (C=O) groups is 3. The largest absolute Gasteiger partial charge is 0.465 e. The number of allylic oxidation sites excluding steroid dienone is 1. The molecule has 1 saturated heterocycles. The number of esters is 1. The first-order valence-electron chi connectivity index (χ1n) is 11.4. The lowest BCUT2D eigenvalue weighted by Gasteiger charge is -2.32. The third-order valence-corrected chi connectivity index (χ3v) is 7.18. The number of benzene rings is 1. The monoisotopic (exact) mass is 528 g/mol. The smallest absolute Gasteiger partial charge is 0.459 e. The molecule has 1 aromatic rings. The molecule has 2 heterocycles. The Labute approximate surface area is 208 Å². The fourth-order valence-corrected chi connectivity index (χ4v) is 5.11. The van der Waals surface area contributed by atoms with Gasteiger partial charge in [-0.25, -0.2) is 8.96 Å². The van der Waals surface area contributed by atoms with Crippen LogP contribution in [0.5, 0.6) is 5.75 Å². The number of carbonyl (C=O) groups excluding carboxylic acids is 3. The molecule has 11 nitrogen and oxygen atoms in total. The number of halogens is 1. The summed E-state index contributed by atoms with van der Waals surface area (Å²) in [7, 11) is -4.28. The van der Waals surface area contributed by atoms with Crippen molar-refractivity contribution in [3.8, 4) is 5.75 Å². The number of ether oxygens (including phenoxy) is 2. The molecule has 3 rings (SSSR count). The summed E-state index contributed by atoms with van der Waals surface area (Å²) in [5, 5.41) is 13.1. The predicted molar refractivity (Wildman–Crippen MR) is 124 cm³/mol. The molecule has 198 valence electrons. The van der Waals surface area contributed by atoms with Gasteiger partial charge in [0.15, 0.2) is 17.7 Å². The zero-order chi connectivity index (χ0) is 26.5. The minimum absolute atomic E-state index is 0.164. The molecule has 1 amide bonds. The van der Waals surface area contributed by atoms with Crippen LogP contribution in [0.15, 0.2) is 42.6 Å². The van der Waals surface area contributed by atoms with E-state index < -0.39 is 68.6 Å². The number of rotatable bonds is 11. The lowest BCUT2D eigenvalue weighted by Crippen LogP contribution is -2.51. The number of aliphatic hydroxyl groups excluding tert-OH is 1. The summed E-state index contributed by atoms with van der Waals surface area (Å²) in [6, 6.07) is 6.93. The Balaban J connectivity index is 1.75. The number of amides is 1. The second-order valence-electron chi connectivity index (χ2n) is 8.60. The van der Waals surface area contributed by atoms with Crippen LogP contribution in [0, 0.1) is 0 Å². The number of hydrogen-bond donors (Lipinski definition) is 2. The van der Waals surface area contributed by atoms with Crippen molar-refractivity contribution < 1.29 is 47.0 Å². The molecule has 1 fully saturated rings. The number of nitrogens with one attached hydrogen (secondary N) is 1. The number of nitrogens with zero attached hydrogens (tertiary/aromatic N) is 1. The predicted octanol–water partition coefficient (Wildman–Crippen LogP) is 2.25. The molecule has 36 heavy (non-hydrogen) atoms. The van der Waals surface area contributed by atoms with Crippen molar-refractivity contribution in [2.45, 2.75) is 63.8 Å². The Morgan fingerprint density at radius 2 is 2.06 bits per heavy atom. The van der Waals surface area contributed by atoms with Crippen LogP contribution in [0.25, 0.3) is 0 Å². The van der Waals surface area contributed by atoms with Gasteiger partial charge in [0.1, 0.15) is 24.0 Å². The van der Waals surface area contributed by atoms with Crippen LogP contribution in [-0.2, 0) is 32.9 Å². The first kappa shape index (κ1) is 27.9. The molecular weight excluding hydrogens is 498 g/mol. The van der Waals surface area contributed by atoms with Crippen LogP contribution in [0.4, 0.5) is 4.39 Å². The van der Waals surface area contributed by atoms with E-state index in [1.54, 1.807) is 18.2 Å². The van der Waals surface area contributed by atoms with E-state index >= 15 is 4.39 Å². The van der Waals surface area contributed by atoms with Gasteiger partial charge in [0.05, 0.1) is 19.6 Å². The summed E-state index contributed by atoms with van der Waals surface area (Å²) >= 11 is 0. The Kier molecular flexibility index (Phi) is 9.02. The molecule has 13 heteroatoms. The van der Waals surface area contributed by atoms with Crippen molar-refractivity contribution in [3.63, 3.8) is 0 Å². The second kappa shape index (κ2) is 11.6. The average molecular weight is 528 g/mol. The first-order chi connectivity index (χ1) is 17.0. The van der Waals surface area contributed by atoms with Gasteiger partial charge in [0.2, 0.25) is 5.91 Å². The Morgan fingerprint density at radius 3 is 2.69 bits per heavy atom. The van der Waals surface area contributed by atoms with Crippen molar-refractivity contribution in [1.29, 1.82) is 0 Å². The zero-order valence-corrected chi connectivity index (χ0v) is 21.1. The fraction of sp³-hybridized carbons (Fsp3) is 0.522. The number of alkyl halides is 1. The molecule has 0 spiro atoms. The summed E-state index contributed by atoms with van der Waals surface area (Å²) in [6.07, 6.45) is -2.35. The van der Waals surface area contributed by atoms with Crippen LogP contribution in [0.2, 0.25) is 0 Å². The molecule has 2 unspecified atom stereocenters. The maximum absolute atomic E-state index is 15.5. The van der Waals surface area contributed by atoms with Crippen molar-refractivity contribution in [1.82, 2.24) is 9.99 Å². The van der Waals surface area contributed by atoms with E-state index in [4.69, 9.17) is 18.5 Å². The molecule has 1 aromatic carbocycles. The quantitative estimate of drug-likeness (QED) is 0.250. The molecule has 2 aliphatic rings. The molecular formula is C23H30FN2O9P. The highest BCUT2D eigenvalue weighted by Crippen LogP contribution is 2.46. The Bertz CT molecular complexity index is 1040. The first-order valence-corrected chi connectivity index (χ1v) is 13.0. The highest BCUT2D eigenvalue weighted by atomic mass is 31.2. The lowest BCUT2D eigenvalue weighted by molar-refractivity contribution is -0.150. The van der Waals surface area contributed by atoms with E-state index in [9.17, 15) is 24.1 Å². The topological polar surface area (TPSA) is 141 Å². The van der Waals surface area contributed by atoms with E-state index in [2.05, 4.69) is 5.09 Å². The van der Waals surface area contributed by atoms with Gasteiger partial charge in [-0.05, 0) is 38.5 Å². The number of hydrogen-bond acceptors (Lipinski definition) is 9. The fourth-order valence-electron chi connectivity index (χ4n) is 3.60. The summed E-state index contributed by atoms with van der Waals surface area (Å²) in [6.45, 7) is 3.83. The lowest BCUT2D eigenvalue weighted by atomic mass is 9.97. The van der Waals surface area contributed by atoms with E-state index in [0.717, 1.165) is 24.1 Å². The van der Waals surface area contributed by atoms with Gasteiger partial charge in [0.25, 0.3) is 0 Å². The third-order valence-electron chi connectivity index (χ3n) is 5.54. The second-order valence-corrected chi connectivity index (χ2v) is 10.3. The summed E-state index contributed by atoms with van der Waals surface area (Å²) < 4.78 is 50.6. The van der Waals surface area contributed by atoms with Crippen LogP contribution >= 0.6 is 7.75 Å². The molecule has 0 bridgehead atoms. The normalized spacial score (nSPS) is 28.6. The molecule has 0 saturated carbocycles. The molecule has 6 atom stereocenters. The summed E-state index contributed by atoms with van der Waals surface area (Å²) in [5.74, 6) is -1.65. The van der Waals surface area contributed by atoms with Crippen LogP contribution in [0.1, 0.15) is 33.6 Å². The average Bonchev–Trinajstić information content (AvgIpc) is 3.05. The van der Waals surface area contributed by atoms with Crippen molar-refractivity contribution in [2.75, 3.05) is 13.2 Å². The summed E-state index contributed by atoms with van der Waals surface area (Å²) in [4.78, 5) is 36.8. The van der Waals surface area contributed by atoms with Crippen LogP contribution < -0.4 is 9.61 Å². The number of ketones is 1. The van der Waals surface area contributed by atoms with Gasteiger partial charge < -0.3 is 19.1 Å². The van der Waals surface area contributed by atoms with Crippen molar-refractivity contribution in [2.24, 2.45) is 0 Å². The van der Waals surface area contributed by atoms with Gasteiger partial charge >= 0.3 is 13.7 Å². The van der Waals surface area contributed by atoms with Gasteiger partial charge in [-0.2, -0.15) is 5.09 Å². The Hall–Kier alpha value is -2.63. The van der Waals surface area contributed by atoms with Crippen molar-refractivity contribution >= 4 is 25.4 Å². The van der Waals surface area contributed by atoms with E-state index in [-0.39, 0.29) is 12.4 Å². The maximum atomic E-state index is 15.5.